The first-order valence-corrected chi connectivity index (χ1v) is 11.3. The van der Waals surface area contributed by atoms with Crippen LogP contribution >= 0.6 is 0 Å². The Hall–Kier alpha value is -3.62. The van der Waals surface area contributed by atoms with Gasteiger partial charge in [-0.25, -0.2) is 9.97 Å². The first-order valence-electron chi connectivity index (χ1n) is 11.3. The quantitative estimate of drug-likeness (QED) is 0.489. The van der Waals surface area contributed by atoms with Gasteiger partial charge in [0.1, 0.15) is 17.8 Å². The highest BCUT2D eigenvalue weighted by Gasteiger charge is 2.39. The van der Waals surface area contributed by atoms with Crippen molar-refractivity contribution in [2.75, 3.05) is 4.90 Å². The average Bonchev–Trinajstić information content (AvgIpc) is 3.59. The van der Waals surface area contributed by atoms with Crippen LogP contribution in [0, 0.1) is 6.92 Å². The smallest absolute Gasteiger partial charge is 0.237 e. The van der Waals surface area contributed by atoms with Crippen molar-refractivity contribution in [2.24, 2.45) is 0 Å². The number of fused-ring (bicyclic) bond motifs is 3. The Morgan fingerprint density at radius 1 is 1.03 bits per heavy atom. The van der Waals surface area contributed by atoms with E-state index >= 15 is 0 Å². The van der Waals surface area contributed by atoms with E-state index in [9.17, 15) is 0 Å². The summed E-state index contributed by atoms with van der Waals surface area (Å²) in [6.07, 6.45) is 14.8. The largest absolute Gasteiger partial charge is 0.341 e. The van der Waals surface area contributed by atoms with Gasteiger partial charge in [-0.05, 0) is 38.3 Å². The average molecular weight is 428 g/mol. The summed E-state index contributed by atoms with van der Waals surface area (Å²) >= 11 is 0. The maximum atomic E-state index is 5.15. The number of nitrogens with zero attached hydrogens (tertiary/aromatic N) is 9. The van der Waals surface area contributed by atoms with E-state index in [0.717, 1.165) is 40.8 Å². The number of anilines is 1. The van der Waals surface area contributed by atoms with Crippen LogP contribution in [0.2, 0.25) is 0 Å². The van der Waals surface area contributed by atoms with Gasteiger partial charge in [-0.15, -0.1) is 10.2 Å². The van der Waals surface area contributed by atoms with E-state index < -0.39 is 0 Å². The molecule has 0 unspecified atom stereocenters. The van der Waals surface area contributed by atoms with Gasteiger partial charge in [-0.3, -0.25) is 14.1 Å². The van der Waals surface area contributed by atoms with Crippen LogP contribution < -0.4 is 4.90 Å². The Morgan fingerprint density at radius 2 is 1.84 bits per heavy atom. The number of aromatic nitrogens is 8. The van der Waals surface area contributed by atoms with Crippen molar-refractivity contribution in [3.8, 4) is 23.0 Å². The Morgan fingerprint density at radius 3 is 2.62 bits per heavy atom. The number of rotatable bonds is 4. The molecule has 2 aliphatic rings. The van der Waals surface area contributed by atoms with Crippen LogP contribution in [-0.4, -0.2) is 45.3 Å². The van der Waals surface area contributed by atoms with E-state index in [1.54, 1.807) is 24.9 Å². The number of pyridine rings is 1. The molecule has 1 atom stereocenters. The fourth-order valence-corrected chi connectivity index (χ4v) is 5.19. The molecule has 32 heavy (non-hydrogen) atoms. The van der Waals surface area contributed by atoms with Crippen LogP contribution in [0.1, 0.15) is 56.6 Å². The van der Waals surface area contributed by atoms with E-state index in [1.165, 1.54) is 25.7 Å². The number of imidazole rings is 1. The van der Waals surface area contributed by atoms with Crippen LogP contribution in [0.4, 0.5) is 5.82 Å². The molecule has 4 aromatic heterocycles. The summed E-state index contributed by atoms with van der Waals surface area (Å²) in [5.74, 6) is 3.37. The minimum absolute atomic E-state index is 0.151. The van der Waals surface area contributed by atoms with Gasteiger partial charge in [0, 0.05) is 36.4 Å². The molecule has 0 bridgehead atoms. The summed E-state index contributed by atoms with van der Waals surface area (Å²) in [4.78, 5) is 21.2. The Balaban J connectivity index is 1.56. The minimum Gasteiger partial charge on any atom is -0.341 e. The van der Waals surface area contributed by atoms with E-state index in [-0.39, 0.29) is 6.04 Å². The van der Waals surface area contributed by atoms with E-state index in [0.29, 0.717) is 12.0 Å². The molecule has 1 aliphatic heterocycles. The molecule has 9 heteroatoms. The van der Waals surface area contributed by atoms with Crippen molar-refractivity contribution in [1.82, 2.24) is 39.3 Å². The molecule has 6 rings (SSSR count). The lowest BCUT2D eigenvalue weighted by molar-refractivity contribution is 0.467. The summed E-state index contributed by atoms with van der Waals surface area (Å²) in [5, 5.41) is 8.73. The zero-order chi connectivity index (χ0) is 21.7. The highest BCUT2D eigenvalue weighted by molar-refractivity contribution is 5.66. The van der Waals surface area contributed by atoms with Crippen molar-refractivity contribution in [1.29, 1.82) is 0 Å². The van der Waals surface area contributed by atoms with E-state index in [2.05, 4.69) is 36.6 Å². The third kappa shape index (κ3) is 2.84. The van der Waals surface area contributed by atoms with Crippen LogP contribution in [0.3, 0.4) is 0 Å². The summed E-state index contributed by atoms with van der Waals surface area (Å²) in [6.45, 7) is 4.25. The maximum Gasteiger partial charge on any atom is 0.237 e. The molecule has 0 radical (unpaired) electrons. The predicted molar refractivity (Wildman–Crippen MR) is 120 cm³/mol. The first kappa shape index (κ1) is 19.1. The maximum absolute atomic E-state index is 5.15. The molecular weight excluding hydrogens is 402 g/mol. The standard InChI is InChI=1S/C23H25N9/c1-3-18-21-29-26-14-31(21)19-15(2)27-23(28-22(19)32(18)17-6-4-5-7-17)30-13-12-25-20(30)16-8-10-24-11-9-16/h8-14,17-18H,3-7H2,1-2H3/t18-/m1/s1. The molecule has 0 saturated heterocycles. The molecule has 1 fully saturated rings. The van der Waals surface area contributed by atoms with Crippen molar-refractivity contribution in [3.63, 3.8) is 0 Å². The first-order chi connectivity index (χ1) is 15.8. The molecular formula is C23H25N9. The van der Waals surface area contributed by atoms with Crippen molar-refractivity contribution < 1.29 is 0 Å². The van der Waals surface area contributed by atoms with Gasteiger partial charge in [0.2, 0.25) is 5.95 Å². The Kier molecular flexibility index (Phi) is 4.48. The summed E-state index contributed by atoms with van der Waals surface area (Å²) < 4.78 is 4.03. The van der Waals surface area contributed by atoms with Gasteiger partial charge < -0.3 is 4.90 Å². The van der Waals surface area contributed by atoms with Gasteiger partial charge in [-0.2, -0.15) is 4.98 Å². The lowest BCUT2D eigenvalue weighted by atomic mass is 10.0. The van der Waals surface area contributed by atoms with Crippen molar-refractivity contribution in [2.45, 2.75) is 58.0 Å². The summed E-state index contributed by atoms with van der Waals surface area (Å²) in [6, 6.07) is 4.50. The second kappa shape index (κ2) is 7.51. The third-order valence-corrected chi connectivity index (χ3v) is 6.62. The summed E-state index contributed by atoms with van der Waals surface area (Å²) in [7, 11) is 0. The number of aryl methyl sites for hydroxylation is 1. The van der Waals surface area contributed by atoms with Crippen LogP contribution in [0.5, 0.6) is 0 Å². The highest BCUT2D eigenvalue weighted by atomic mass is 15.4. The predicted octanol–water partition coefficient (Wildman–Crippen LogP) is 3.83. The molecule has 9 nitrogen and oxygen atoms in total. The monoisotopic (exact) mass is 427 g/mol. The minimum atomic E-state index is 0.151. The number of hydrogen-bond donors (Lipinski definition) is 0. The van der Waals surface area contributed by atoms with Crippen molar-refractivity contribution >= 4 is 5.82 Å². The third-order valence-electron chi connectivity index (χ3n) is 6.62. The molecule has 0 aromatic carbocycles. The highest BCUT2D eigenvalue weighted by Crippen LogP contribution is 2.43. The molecule has 4 aromatic rings. The van der Waals surface area contributed by atoms with Crippen LogP contribution in [-0.2, 0) is 0 Å². The Labute approximate surface area is 186 Å². The zero-order valence-electron chi connectivity index (χ0n) is 18.3. The fraction of sp³-hybridized carbons (Fsp3) is 0.391. The molecule has 0 spiro atoms. The Bertz CT molecular complexity index is 1250. The molecule has 0 amide bonds. The van der Waals surface area contributed by atoms with Crippen molar-refractivity contribution in [3.05, 3.63) is 54.8 Å². The van der Waals surface area contributed by atoms with Crippen LogP contribution in [0.25, 0.3) is 23.0 Å². The normalized spacial score (nSPS) is 18.1. The van der Waals surface area contributed by atoms with E-state index in [1.807, 2.05) is 29.8 Å². The fourth-order valence-electron chi connectivity index (χ4n) is 5.19. The SMILES string of the molecule is CC[C@@H]1c2nncn2-c2c(C)nc(-n3ccnc3-c3ccncc3)nc2N1C1CCCC1. The second-order valence-corrected chi connectivity index (χ2v) is 8.47. The number of hydrogen-bond acceptors (Lipinski definition) is 7. The van der Waals surface area contributed by atoms with Crippen LogP contribution in [0.15, 0.2) is 43.2 Å². The van der Waals surface area contributed by atoms with Gasteiger partial charge >= 0.3 is 0 Å². The molecule has 0 N–H and O–H groups in total. The van der Waals surface area contributed by atoms with E-state index in [4.69, 9.17) is 9.97 Å². The lowest BCUT2D eigenvalue weighted by Gasteiger charge is -2.41. The second-order valence-electron chi connectivity index (χ2n) is 8.47. The molecule has 1 saturated carbocycles. The summed E-state index contributed by atoms with van der Waals surface area (Å²) in [5.41, 5.74) is 2.86. The topological polar surface area (TPSA) is 90.4 Å². The lowest BCUT2D eigenvalue weighted by Crippen LogP contribution is -2.42. The zero-order valence-corrected chi connectivity index (χ0v) is 18.3. The van der Waals surface area contributed by atoms with Gasteiger partial charge in [0.15, 0.2) is 11.6 Å². The van der Waals surface area contributed by atoms with Gasteiger partial charge in [0.25, 0.3) is 0 Å². The molecule has 5 heterocycles. The molecule has 1 aliphatic carbocycles. The molecule has 162 valence electrons. The van der Waals surface area contributed by atoms with Gasteiger partial charge in [0.05, 0.1) is 11.7 Å². The van der Waals surface area contributed by atoms with Gasteiger partial charge in [-0.1, -0.05) is 19.8 Å².